The third-order valence-corrected chi connectivity index (χ3v) is 5.68. The summed E-state index contributed by atoms with van der Waals surface area (Å²) in [7, 11) is 0. The minimum atomic E-state index is -0.190. The van der Waals surface area contributed by atoms with Crippen molar-refractivity contribution in [2.75, 3.05) is 31.5 Å². The second kappa shape index (κ2) is 9.09. The first kappa shape index (κ1) is 19.5. The summed E-state index contributed by atoms with van der Waals surface area (Å²) < 4.78 is 0. The number of urea groups is 1. The Morgan fingerprint density at radius 3 is 2.52 bits per heavy atom. The Balaban J connectivity index is 1.18. The second-order valence-electron chi connectivity index (χ2n) is 7.79. The first-order chi connectivity index (χ1) is 14.2. The fraction of sp³-hybridized carbons (Fsp3) is 0.391. The number of carbonyl (C=O) groups is 2. The van der Waals surface area contributed by atoms with Gasteiger partial charge in [-0.1, -0.05) is 36.4 Å². The van der Waals surface area contributed by atoms with Crippen molar-refractivity contribution < 1.29 is 9.59 Å². The molecule has 0 unspecified atom stereocenters. The van der Waals surface area contributed by atoms with Crippen molar-refractivity contribution in [2.45, 2.75) is 32.4 Å². The van der Waals surface area contributed by atoms with Gasteiger partial charge in [-0.3, -0.25) is 9.69 Å². The van der Waals surface area contributed by atoms with E-state index in [1.165, 1.54) is 11.1 Å². The molecule has 2 aliphatic rings. The number of anilines is 1. The average molecular weight is 393 g/mol. The fourth-order valence-electron chi connectivity index (χ4n) is 4.03. The van der Waals surface area contributed by atoms with Gasteiger partial charge in [0.25, 0.3) is 0 Å². The van der Waals surface area contributed by atoms with Crippen LogP contribution in [0.5, 0.6) is 0 Å². The number of likely N-dealkylation sites (tertiary alicyclic amines) is 1. The molecule has 2 aromatic rings. The molecule has 0 bridgehead atoms. The molecule has 152 valence electrons. The lowest BCUT2D eigenvalue weighted by Crippen LogP contribution is -2.39. The van der Waals surface area contributed by atoms with Crippen molar-refractivity contribution in [1.29, 1.82) is 0 Å². The molecule has 4 rings (SSSR count). The van der Waals surface area contributed by atoms with E-state index in [2.05, 4.69) is 39.8 Å². The van der Waals surface area contributed by atoms with Crippen LogP contribution < -0.4 is 10.6 Å². The van der Waals surface area contributed by atoms with Gasteiger partial charge in [0.1, 0.15) is 0 Å². The van der Waals surface area contributed by atoms with Gasteiger partial charge in [-0.15, -0.1) is 0 Å². The van der Waals surface area contributed by atoms with E-state index in [0.29, 0.717) is 19.5 Å². The Kier molecular flexibility index (Phi) is 6.10. The largest absolute Gasteiger partial charge is 0.338 e. The van der Waals surface area contributed by atoms with Crippen LogP contribution in [0.4, 0.5) is 10.5 Å². The zero-order valence-electron chi connectivity index (χ0n) is 16.7. The smallest absolute Gasteiger partial charge is 0.319 e. The van der Waals surface area contributed by atoms with Gasteiger partial charge in [0.15, 0.2) is 0 Å². The Bertz CT molecular complexity index is 865. The predicted molar refractivity (Wildman–Crippen MR) is 114 cm³/mol. The van der Waals surface area contributed by atoms with Crippen LogP contribution in [0.25, 0.3) is 0 Å². The SMILES string of the molecule is O=C(NCCN1CCc2ccccc2C1)Nc1ccc(CN2CCCC2=O)cc1. The van der Waals surface area contributed by atoms with Crippen molar-refractivity contribution in [2.24, 2.45) is 0 Å². The van der Waals surface area contributed by atoms with Gasteiger partial charge in [-0.25, -0.2) is 4.79 Å². The maximum absolute atomic E-state index is 12.2. The molecule has 0 aliphatic carbocycles. The summed E-state index contributed by atoms with van der Waals surface area (Å²) in [5, 5.41) is 5.81. The van der Waals surface area contributed by atoms with Gasteiger partial charge in [0.2, 0.25) is 5.91 Å². The minimum absolute atomic E-state index is 0.190. The summed E-state index contributed by atoms with van der Waals surface area (Å²) in [6, 6.07) is 16.1. The molecule has 0 aromatic heterocycles. The first-order valence-electron chi connectivity index (χ1n) is 10.4. The summed E-state index contributed by atoms with van der Waals surface area (Å²) in [5.74, 6) is 0.226. The minimum Gasteiger partial charge on any atom is -0.338 e. The van der Waals surface area contributed by atoms with Gasteiger partial charge < -0.3 is 15.5 Å². The van der Waals surface area contributed by atoms with Crippen molar-refractivity contribution in [3.8, 4) is 0 Å². The topological polar surface area (TPSA) is 64.7 Å². The standard InChI is InChI=1S/C23H28N4O2/c28-22-6-3-13-27(22)16-18-7-9-21(10-8-18)25-23(29)24-12-15-26-14-11-19-4-1-2-5-20(19)17-26/h1-2,4-5,7-10H,3,6,11-17H2,(H2,24,25,29). The van der Waals surface area contributed by atoms with E-state index in [0.717, 1.165) is 50.3 Å². The van der Waals surface area contributed by atoms with E-state index >= 15 is 0 Å². The summed E-state index contributed by atoms with van der Waals surface area (Å²) >= 11 is 0. The Hall–Kier alpha value is -2.86. The van der Waals surface area contributed by atoms with E-state index in [-0.39, 0.29) is 11.9 Å². The zero-order valence-corrected chi connectivity index (χ0v) is 16.7. The molecule has 2 heterocycles. The maximum atomic E-state index is 12.2. The number of nitrogens with zero attached hydrogens (tertiary/aromatic N) is 2. The molecule has 0 saturated carbocycles. The number of fused-ring (bicyclic) bond motifs is 1. The third-order valence-electron chi connectivity index (χ3n) is 5.68. The van der Waals surface area contributed by atoms with Crippen molar-refractivity contribution >= 4 is 17.6 Å². The van der Waals surface area contributed by atoms with Gasteiger partial charge in [-0.05, 0) is 41.7 Å². The third kappa shape index (κ3) is 5.15. The molecule has 1 fully saturated rings. The fourth-order valence-corrected chi connectivity index (χ4v) is 4.03. The molecule has 0 spiro atoms. The molecule has 0 radical (unpaired) electrons. The van der Waals surface area contributed by atoms with E-state index in [1.807, 2.05) is 29.2 Å². The zero-order chi connectivity index (χ0) is 20.1. The monoisotopic (exact) mass is 392 g/mol. The highest BCUT2D eigenvalue weighted by Crippen LogP contribution is 2.18. The molecule has 2 aromatic carbocycles. The van der Waals surface area contributed by atoms with Crippen LogP contribution in [0, 0.1) is 0 Å². The Labute approximate surface area is 171 Å². The molecule has 3 amide bonds. The number of hydrogen-bond donors (Lipinski definition) is 2. The number of amides is 3. The molecule has 6 nitrogen and oxygen atoms in total. The van der Waals surface area contributed by atoms with Gasteiger partial charge in [0, 0.05) is 51.4 Å². The van der Waals surface area contributed by atoms with Crippen LogP contribution >= 0.6 is 0 Å². The lowest BCUT2D eigenvalue weighted by Gasteiger charge is -2.28. The lowest BCUT2D eigenvalue weighted by molar-refractivity contribution is -0.128. The number of carbonyl (C=O) groups excluding carboxylic acids is 2. The number of hydrogen-bond acceptors (Lipinski definition) is 3. The molecule has 0 atom stereocenters. The van der Waals surface area contributed by atoms with Crippen LogP contribution in [-0.2, 0) is 24.3 Å². The van der Waals surface area contributed by atoms with Gasteiger partial charge in [-0.2, -0.15) is 0 Å². The maximum Gasteiger partial charge on any atom is 0.319 e. The van der Waals surface area contributed by atoms with Crippen LogP contribution in [0.2, 0.25) is 0 Å². The van der Waals surface area contributed by atoms with Crippen LogP contribution in [0.15, 0.2) is 48.5 Å². The van der Waals surface area contributed by atoms with Crippen LogP contribution in [-0.4, -0.2) is 47.9 Å². The van der Waals surface area contributed by atoms with Gasteiger partial charge >= 0.3 is 6.03 Å². The number of rotatable bonds is 6. The highest BCUT2D eigenvalue weighted by atomic mass is 16.2. The van der Waals surface area contributed by atoms with Crippen LogP contribution in [0.1, 0.15) is 29.5 Å². The van der Waals surface area contributed by atoms with Crippen molar-refractivity contribution in [3.63, 3.8) is 0 Å². The van der Waals surface area contributed by atoms with E-state index in [1.54, 1.807) is 0 Å². The molecule has 1 saturated heterocycles. The average Bonchev–Trinajstić information content (AvgIpc) is 3.14. The first-order valence-corrected chi connectivity index (χ1v) is 10.4. The van der Waals surface area contributed by atoms with E-state index < -0.39 is 0 Å². The normalized spacial score (nSPS) is 16.6. The molecular formula is C23H28N4O2. The Morgan fingerprint density at radius 1 is 0.966 bits per heavy atom. The quantitative estimate of drug-likeness (QED) is 0.794. The number of nitrogens with one attached hydrogen (secondary N) is 2. The Morgan fingerprint density at radius 2 is 1.76 bits per heavy atom. The summed E-state index contributed by atoms with van der Waals surface area (Å²) in [6.45, 7) is 4.91. The summed E-state index contributed by atoms with van der Waals surface area (Å²) in [4.78, 5) is 28.1. The highest BCUT2D eigenvalue weighted by Gasteiger charge is 2.20. The highest BCUT2D eigenvalue weighted by molar-refractivity contribution is 5.89. The van der Waals surface area contributed by atoms with E-state index in [4.69, 9.17) is 0 Å². The number of benzene rings is 2. The molecule has 29 heavy (non-hydrogen) atoms. The van der Waals surface area contributed by atoms with Gasteiger partial charge in [0.05, 0.1) is 0 Å². The summed E-state index contributed by atoms with van der Waals surface area (Å²) in [6.07, 6.45) is 2.67. The molecule has 2 aliphatic heterocycles. The predicted octanol–water partition coefficient (Wildman–Crippen LogP) is 2.99. The summed E-state index contributed by atoms with van der Waals surface area (Å²) in [5.41, 5.74) is 4.66. The molecular weight excluding hydrogens is 364 g/mol. The van der Waals surface area contributed by atoms with Crippen molar-refractivity contribution in [1.82, 2.24) is 15.1 Å². The lowest BCUT2D eigenvalue weighted by atomic mass is 10.00. The van der Waals surface area contributed by atoms with Crippen molar-refractivity contribution in [3.05, 3.63) is 65.2 Å². The molecule has 2 N–H and O–H groups in total. The van der Waals surface area contributed by atoms with E-state index in [9.17, 15) is 9.59 Å². The second-order valence-corrected chi connectivity index (χ2v) is 7.79. The molecule has 6 heteroatoms. The van der Waals surface area contributed by atoms with Crippen LogP contribution in [0.3, 0.4) is 0 Å².